The molecule has 28 heavy (non-hydrogen) atoms. The van der Waals surface area contributed by atoms with Crippen LogP contribution in [0.5, 0.6) is 5.75 Å². The zero-order valence-electron chi connectivity index (χ0n) is 15.8. The van der Waals surface area contributed by atoms with Crippen molar-refractivity contribution >= 4 is 17.9 Å². The average Bonchev–Trinajstić information content (AvgIpc) is 2.77. The number of aromatic nitrogens is 2. The molecule has 0 spiro atoms. The highest BCUT2D eigenvalue weighted by Gasteiger charge is 2.22. The summed E-state index contributed by atoms with van der Waals surface area (Å²) in [4.78, 5) is 36.4. The molecule has 0 unspecified atom stereocenters. The van der Waals surface area contributed by atoms with Crippen LogP contribution in [0, 0.1) is 0 Å². The molecule has 1 aliphatic rings. The normalized spacial score (nSPS) is 13.8. The van der Waals surface area contributed by atoms with E-state index in [2.05, 4.69) is 20.6 Å². The van der Waals surface area contributed by atoms with E-state index < -0.39 is 0 Å². The fraction of sp³-hybridized carbons (Fsp3) is 0.368. The van der Waals surface area contributed by atoms with E-state index >= 15 is 0 Å². The van der Waals surface area contributed by atoms with Crippen LogP contribution >= 0.6 is 0 Å². The molecule has 3 amide bonds. The van der Waals surface area contributed by atoms with Crippen LogP contribution < -0.4 is 20.3 Å². The number of nitrogens with one attached hydrogen (secondary N) is 2. The molecule has 0 bridgehead atoms. The number of rotatable bonds is 6. The molecule has 3 rings (SSSR count). The first-order valence-corrected chi connectivity index (χ1v) is 9.10. The summed E-state index contributed by atoms with van der Waals surface area (Å²) in [5.74, 6) is 1.20. The van der Waals surface area contributed by atoms with Crippen molar-refractivity contribution in [3.63, 3.8) is 0 Å². The third kappa shape index (κ3) is 5.32. The monoisotopic (exact) mass is 384 g/mol. The number of anilines is 1. The Bertz CT molecular complexity index is 776. The molecule has 9 nitrogen and oxygen atoms in total. The Labute approximate surface area is 163 Å². The van der Waals surface area contributed by atoms with Crippen LogP contribution in [-0.2, 0) is 11.3 Å². The number of piperazine rings is 1. The maximum atomic E-state index is 12.3. The Kier molecular flexibility index (Phi) is 6.61. The quantitative estimate of drug-likeness (QED) is 0.758. The lowest BCUT2D eigenvalue weighted by Crippen LogP contribution is -2.53. The molecule has 1 aliphatic heterocycles. The summed E-state index contributed by atoms with van der Waals surface area (Å²) < 4.78 is 5.10. The number of benzene rings is 1. The topological polar surface area (TPSA) is 99.7 Å². The average molecular weight is 384 g/mol. The van der Waals surface area contributed by atoms with Crippen LogP contribution in [0.25, 0.3) is 0 Å². The standard InChI is InChI=1S/C19H24N6O3/c1-28-16-5-3-15(4-6-16)13-22-17(26)14-23-19(27)25-11-9-24(10-12-25)18-20-7-2-8-21-18/h2-8H,9-14H2,1H3,(H,22,26)(H,23,27). The lowest BCUT2D eigenvalue weighted by Gasteiger charge is -2.34. The van der Waals surface area contributed by atoms with Gasteiger partial charge in [-0.3, -0.25) is 4.79 Å². The summed E-state index contributed by atoms with van der Waals surface area (Å²) in [6.45, 7) is 2.75. The predicted molar refractivity (Wildman–Crippen MR) is 104 cm³/mol. The lowest BCUT2D eigenvalue weighted by atomic mass is 10.2. The number of methoxy groups -OCH3 is 1. The Morgan fingerprint density at radius 3 is 2.36 bits per heavy atom. The zero-order chi connectivity index (χ0) is 19.8. The first-order valence-electron chi connectivity index (χ1n) is 9.10. The summed E-state index contributed by atoms with van der Waals surface area (Å²) >= 11 is 0. The molecular weight excluding hydrogens is 360 g/mol. The van der Waals surface area contributed by atoms with Gasteiger partial charge in [0.25, 0.3) is 0 Å². The number of ether oxygens (including phenoxy) is 1. The molecular formula is C19H24N6O3. The largest absolute Gasteiger partial charge is 0.497 e. The number of hydrogen-bond donors (Lipinski definition) is 2. The highest BCUT2D eigenvalue weighted by molar-refractivity contribution is 5.84. The van der Waals surface area contributed by atoms with Crippen molar-refractivity contribution in [3.8, 4) is 5.75 Å². The molecule has 0 atom stereocenters. The van der Waals surface area contributed by atoms with E-state index in [1.165, 1.54) is 0 Å². The Morgan fingerprint density at radius 1 is 1.04 bits per heavy atom. The second-order valence-electron chi connectivity index (χ2n) is 6.31. The van der Waals surface area contributed by atoms with Gasteiger partial charge in [-0.05, 0) is 23.8 Å². The van der Waals surface area contributed by atoms with Crippen molar-refractivity contribution in [2.24, 2.45) is 0 Å². The summed E-state index contributed by atoms with van der Waals surface area (Å²) in [6, 6.07) is 8.97. The minimum atomic E-state index is -0.242. The zero-order valence-corrected chi connectivity index (χ0v) is 15.8. The van der Waals surface area contributed by atoms with Gasteiger partial charge < -0.3 is 25.2 Å². The van der Waals surface area contributed by atoms with Crippen LogP contribution in [0.1, 0.15) is 5.56 Å². The number of urea groups is 1. The van der Waals surface area contributed by atoms with Crippen LogP contribution in [0.4, 0.5) is 10.7 Å². The van der Waals surface area contributed by atoms with E-state index in [0.29, 0.717) is 38.7 Å². The second-order valence-corrected chi connectivity index (χ2v) is 6.31. The van der Waals surface area contributed by atoms with Crippen LogP contribution in [-0.4, -0.2) is 66.6 Å². The number of nitrogens with zero attached hydrogens (tertiary/aromatic N) is 4. The molecule has 9 heteroatoms. The molecule has 1 fully saturated rings. The molecule has 0 aliphatic carbocycles. The fourth-order valence-corrected chi connectivity index (χ4v) is 2.84. The predicted octanol–water partition coefficient (Wildman–Crippen LogP) is 0.633. The van der Waals surface area contributed by atoms with Crippen molar-refractivity contribution < 1.29 is 14.3 Å². The molecule has 0 radical (unpaired) electrons. The van der Waals surface area contributed by atoms with E-state index in [1.54, 1.807) is 30.5 Å². The Balaban J connectivity index is 1.36. The molecule has 2 heterocycles. The molecule has 0 saturated carbocycles. The van der Waals surface area contributed by atoms with Gasteiger partial charge in [-0.2, -0.15) is 0 Å². The van der Waals surface area contributed by atoms with Crippen molar-refractivity contribution in [2.75, 3.05) is 44.7 Å². The molecule has 1 aromatic carbocycles. The Morgan fingerprint density at radius 2 is 1.71 bits per heavy atom. The fourth-order valence-electron chi connectivity index (χ4n) is 2.84. The summed E-state index contributed by atoms with van der Waals surface area (Å²) in [5.41, 5.74) is 0.958. The van der Waals surface area contributed by atoms with Crippen molar-refractivity contribution in [1.82, 2.24) is 25.5 Å². The molecule has 2 aromatic rings. The van der Waals surface area contributed by atoms with E-state index in [4.69, 9.17) is 4.74 Å². The lowest BCUT2D eigenvalue weighted by molar-refractivity contribution is -0.120. The second kappa shape index (κ2) is 9.54. The molecule has 1 aromatic heterocycles. The number of hydrogen-bond acceptors (Lipinski definition) is 6. The van der Waals surface area contributed by atoms with Gasteiger partial charge in [0, 0.05) is 45.1 Å². The van der Waals surface area contributed by atoms with Crippen molar-refractivity contribution in [3.05, 3.63) is 48.3 Å². The summed E-state index contributed by atoms with van der Waals surface area (Å²) in [7, 11) is 1.61. The van der Waals surface area contributed by atoms with Crippen molar-refractivity contribution in [1.29, 1.82) is 0 Å². The van der Waals surface area contributed by atoms with Gasteiger partial charge in [0.2, 0.25) is 11.9 Å². The molecule has 148 valence electrons. The van der Waals surface area contributed by atoms with E-state index in [-0.39, 0.29) is 18.5 Å². The minimum absolute atomic E-state index is 0.0585. The van der Waals surface area contributed by atoms with E-state index in [0.717, 1.165) is 11.3 Å². The number of carbonyl (C=O) groups excluding carboxylic acids is 2. The highest BCUT2D eigenvalue weighted by Crippen LogP contribution is 2.11. The Hall–Kier alpha value is -3.36. The number of carbonyl (C=O) groups is 2. The van der Waals surface area contributed by atoms with Gasteiger partial charge in [-0.15, -0.1) is 0 Å². The third-order valence-electron chi connectivity index (χ3n) is 4.45. The van der Waals surface area contributed by atoms with Crippen molar-refractivity contribution in [2.45, 2.75) is 6.54 Å². The van der Waals surface area contributed by atoms with E-state index in [9.17, 15) is 9.59 Å². The minimum Gasteiger partial charge on any atom is -0.497 e. The highest BCUT2D eigenvalue weighted by atomic mass is 16.5. The maximum Gasteiger partial charge on any atom is 0.317 e. The summed E-state index contributed by atoms with van der Waals surface area (Å²) in [6.07, 6.45) is 3.40. The van der Waals surface area contributed by atoms with Crippen LogP contribution in [0.2, 0.25) is 0 Å². The van der Waals surface area contributed by atoms with Gasteiger partial charge in [0.1, 0.15) is 5.75 Å². The smallest absolute Gasteiger partial charge is 0.317 e. The summed E-state index contributed by atoms with van der Waals surface area (Å²) in [5, 5.41) is 5.45. The maximum absolute atomic E-state index is 12.3. The van der Waals surface area contributed by atoms with E-state index in [1.807, 2.05) is 29.2 Å². The van der Waals surface area contributed by atoms with Gasteiger partial charge in [-0.25, -0.2) is 14.8 Å². The van der Waals surface area contributed by atoms with Gasteiger partial charge in [0.05, 0.1) is 13.7 Å². The van der Waals surface area contributed by atoms with Gasteiger partial charge in [-0.1, -0.05) is 12.1 Å². The first-order chi connectivity index (χ1) is 13.7. The van der Waals surface area contributed by atoms with Crippen LogP contribution in [0.15, 0.2) is 42.7 Å². The van der Waals surface area contributed by atoms with Gasteiger partial charge in [0.15, 0.2) is 0 Å². The van der Waals surface area contributed by atoms with Crippen LogP contribution in [0.3, 0.4) is 0 Å². The van der Waals surface area contributed by atoms with Gasteiger partial charge >= 0.3 is 6.03 Å². The molecule has 1 saturated heterocycles. The SMILES string of the molecule is COc1ccc(CNC(=O)CNC(=O)N2CCN(c3ncccn3)CC2)cc1. The first kappa shape index (κ1) is 19.4. The number of amides is 3. The third-order valence-corrected chi connectivity index (χ3v) is 4.45. The molecule has 2 N–H and O–H groups in total.